The van der Waals surface area contributed by atoms with Crippen LogP contribution in [0.3, 0.4) is 0 Å². The first-order valence-electron chi connectivity index (χ1n) is 7.34. The zero-order chi connectivity index (χ0) is 15.6. The summed E-state index contributed by atoms with van der Waals surface area (Å²) in [7, 11) is -3.70. The number of nitrogens with one attached hydrogen (secondary N) is 1. The second-order valence-corrected chi connectivity index (χ2v) is 7.06. The topological polar surface area (TPSA) is 103 Å². The Morgan fingerprint density at radius 1 is 1.36 bits per heavy atom. The molecule has 8 heteroatoms. The first-order valence-corrected chi connectivity index (χ1v) is 8.82. The smallest absolute Gasteiger partial charge is 0.260 e. The molecule has 0 saturated heterocycles. The van der Waals surface area contributed by atoms with E-state index < -0.39 is 10.0 Å². The molecule has 22 heavy (non-hydrogen) atoms. The van der Waals surface area contributed by atoms with Crippen molar-refractivity contribution in [2.45, 2.75) is 37.1 Å². The van der Waals surface area contributed by atoms with Crippen molar-refractivity contribution in [2.75, 3.05) is 12.4 Å². The minimum absolute atomic E-state index is 0.0734. The molecule has 1 aliphatic rings. The van der Waals surface area contributed by atoms with Gasteiger partial charge in [0.05, 0.1) is 5.39 Å². The van der Waals surface area contributed by atoms with E-state index in [1.807, 2.05) is 0 Å². The monoisotopic (exact) mass is 321 g/mol. The van der Waals surface area contributed by atoms with Crippen molar-refractivity contribution < 1.29 is 8.42 Å². The highest BCUT2D eigenvalue weighted by Gasteiger charge is 2.23. The Hall–Kier alpha value is -1.93. The molecule has 0 saturated carbocycles. The third kappa shape index (κ3) is 2.97. The van der Waals surface area contributed by atoms with E-state index >= 15 is 0 Å². The van der Waals surface area contributed by atoms with Crippen LogP contribution in [0, 0.1) is 0 Å². The van der Waals surface area contributed by atoms with Gasteiger partial charge in [0, 0.05) is 12.7 Å². The van der Waals surface area contributed by atoms with Crippen molar-refractivity contribution in [1.82, 2.24) is 19.6 Å². The summed E-state index contributed by atoms with van der Waals surface area (Å²) in [6, 6.07) is 3.31. The van der Waals surface area contributed by atoms with Crippen LogP contribution in [0.4, 0.5) is 0 Å². The van der Waals surface area contributed by atoms with Gasteiger partial charge in [-0.2, -0.15) is 4.79 Å². The molecule has 0 radical (unpaired) electrons. The number of hydrogen-bond acceptors (Lipinski definition) is 5. The maximum Gasteiger partial charge on any atom is 0.260 e. The minimum Gasteiger partial charge on any atom is -0.321 e. The van der Waals surface area contributed by atoms with Crippen LogP contribution in [0.25, 0.3) is 11.0 Å². The summed E-state index contributed by atoms with van der Waals surface area (Å²) in [6.07, 6.45) is 9.06. The van der Waals surface area contributed by atoms with Crippen LogP contribution < -0.4 is 10.6 Å². The lowest BCUT2D eigenvalue weighted by atomic mass is 9.97. The standard InChI is InChI=1S/C14H19N5O2S/c15-19-13-12(7-4-9-16-13)14(18-19)22(20,21)17-10-8-11-5-2-1-3-6-11/h4-5,7,9,17H,1-3,6,8,10,15H2. The van der Waals surface area contributed by atoms with Crippen molar-refractivity contribution in [2.24, 2.45) is 0 Å². The molecule has 0 fully saturated rings. The number of sulfonamides is 1. The molecule has 2 heterocycles. The highest BCUT2D eigenvalue weighted by atomic mass is 32.2. The van der Waals surface area contributed by atoms with Gasteiger partial charge in [-0.25, -0.2) is 18.1 Å². The number of aromatic nitrogens is 3. The average Bonchev–Trinajstić information content (AvgIpc) is 2.87. The van der Waals surface area contributed by atoms with Gasteiger partial charge in [-0.05, 0) is 44.2 Å². The molecular weight excluding hydrogens is 302 g/mol. The fourth-order valence-electron chi connectivity index (χ4n) is 2.69. The second-order valence-electron chi connectivity index (χ2n) is 5.38. The van der Waals surface area contributed by atoms with E-state index in [-0.39, 0.29) is 5.03 Å². The van der Waals surface area contributed by atoms with Gasteiger partial charge in [0.15, 0.2) is 5.65 Å². The molecule has 1 aliphatic carbocycles. The third-order valence-corrected chi connectivity index (χ3v) is 5.21. The molecule has 3 N–H and O–H groups in total. The van der Waals surface area contributed by atoms with Crippen molar-refractivity contribution in [3.63, 3.8) is 0 Å². The molecule has 0 amide bonds. The van der Waals surface area contributed by atoms with E-state index in [0.717, 1.165) is 24.1 Å². The minimum atomic E-state index is -3.70. The maximum atomic E-state index is 12.4. The van der Waals surface area contributed by atoms with E-state index in [0.29, 0.717) is 17.6 Å². The van der Waals surface area contributed by atoms with E-state index in [1.54, 1.807) is 18.3 Å². The second kappa shape index (κ2) is 6.05. The molecule has 0 aliphatic heterocycles. The molecule has 3 rings (SSSR count). The Morgan fingerprint density at radius 3 is 3.00 bits per heavy atom. The number of hydrogen-bond donors (Lipinski definition) is 2. The lowest BCUT2D eigenvalue weighted by molar-refractivity contribution is 0.574. The Kier molecular flexibility index (Phi) is 4.12. The van der Waals surface area contributed by atoms with Gasteiger partial charge in [0.2, 0.25) is 5.03 Å². The Balaban J connectivity index is 1.76. The van der Waals surface area contributed by atoms with Crippen LogP contribution >= 0.6 is 0 Å². The van der Waals surface area contributed by atoms with Gasteiger partial charge in [-0.15, -0.1) is 5.10 Å². The summed E-state index contributed by atoms with van der Waals surface area (Å²) in [5.41, 5.74) is 1.67. The molecule has 0 unspecified atom stereocenters. The lowest BCUT2D eigenvalue weighted by Crippen LogP contribution is -2.26. The number of rotatable bonds is 5. The normalized spacial score (nSPS) is 15.9. The first kappa shape index (κ1) is 15.0. The van der Waals surface area contributed by atoms with E-state index in [9.17, 15) is 8.42 Å². The third-order valence-electron chi connectivity index (χ3n) is 3.81. The summed E-state index contributed by atoms with van der Waals surface area (Å²) >= 11 is 0. The predicted molar refractivity (Wildman–Crippen MR) is 84.0 cm³/mol. The number of nitrogens with zero attached hydrogens (tertiary/aromatic N) is 3. The molecule has 118 valence electrons. The highest BCUT2D eigenvalue weighted by Crippen LogP contribution is 2.21. The summed E-state index contributed by atoms with van der Waals surface area (Å²) in [4.78, 5) is 5.04. The fourth-order valence-corrected chi connectivity index (χ4v) is 3.84. The maximum absolute atomic E-state index is 12.4. The van der Waals surface area contributed by atoms with E-state index in [1.165, 1.54) is 18.4 Å². The van der Waals surface area contributed by atoms with Gasteiger partial charge in [0.25, 0.3) is 10.0 Å². The quantitative estimate of drug-likeness (QED) is 0.638. The Bertz CT molecular complexity index is 810. The van der Waals surface area contributed by atoms with Crippen LogP contribution in [0.1, 0.15) is 32.1 Å². The lowest BCUT2D eigenvalue weighted by Gasteiger charge is -2.12. The number of allylic oxidation sites excluding steroid dienone is 1. The van der Waals surface area contributed by atoms with Crippen LogP contribution in [0.2, 0.25) is 0 Å². The zero-order valence-electron chi connectivity index (χ0n) is 12.2. The number of nitrogen functional groups attached to an aromatic ring is 1. The van der Waals surface area contributed by atoms with E-state index in [4.69, 9.17) is 5.84 Å². The summed E-state index contributed by atoms with van der Waals surface area (Å²) in [5, 5.41) is 4.25. The zero-order valence-corrected chi connectivity index (χ0v) is 13.0. The number of nitrogens with two attached hydrogens (primary N) is 1. The number of pyridine rings is 1. The van der Waals surface area contributed by atoms with Gasteiger partial charge < -0.3 is 5.84 Å². The molecule has 2 aromatic heterocycles. The van der Waals surface area contributed by atoms with Gasteiger partial charge >= 0.3 is 0 Å². The van der Waals surface area contributed by atoms with Gasteiger partial charge in [0.1, 0.15) is 0 Å². The summed E-state index contributed by atoms with van der Waals surface area (Å²) in [5.74, 6) is 5.66. The molecule has 2 aromatic rings. The predicted octanol–water partition coefficient (Wildman–Crippen LogP) is 1.31. The van der Waals surface area contributed by atoms with Crippen molar-refractivity contribution in [3.05, 3.63) is 30.0 Å². The molecule has 0 spiro atoms. The van der Waals surface area contributed by atoms with Crippen molar-refractivity contribution in [1.29, 1.82) is 0 Å². The Morgan fingerprint density at radius 2 is 2.23 bits per heavy atom. The molecule has 7 nitrogen and oxygen atoms in total. The van der Waals surface area contributed by atoms with E-state index in [2.05, 4.69) is 20.9 Å². The van der Waals surface area contributed by atoms with Crippen LogP contribution in [-0.2, 0) is 10.0 Å². The molecule has 0 bridgehead atoms. The molecule has 0 atom stereocenters. The highest BCUT2D eigenvalue weighted by molar-refractivity contribution is 7.89. The SMILES string of the molecule is Nn1nc(S(=O)(=O)NCCC2=CCCCC2)c2cccnc21. The molecular formula is C14H19N5O2S. The summed E-state index contributed by atoms with van der Waals surface area (Å²) in [6.45, 7) is 0.368. The first-order chi connectivity index (χ1) is 10.6. The largest absolute Gasteiger partial charge is 0.321 e. The fraction of sp³-hybridized carbons (Fsp3) is 0.429. The molecule has 0 aromatic carbocycles. The number of fused-ring (bicyclic) bond motifs is 1. The summed E-state index contributed by atoms with van der Waals surface area (Å²) < 4.78 is 27.4. The van der Waals surface area contributed by atoms with Crippen molar-refractivity contribution in [3.8, 4) is 0 Å². The average molecular weight is 321 g/mol. The van der Waals surface area contributed by atoms with Gasteiger partial charge in [-0.1, -0.05) is 11.6 Å². The Labute approximate surface area is 129 Å². The van der Waals surface area contributed by atoms with Crippen LogP contribution in [-0.4, -0.2) is 29.8 Å². The van der Waals surface area contributed by atoms with Crippen molar-refractivity contribution >= 4 is 21.1 Å². The van der Waals surface area contributed by atoms with Gasteiger partial charge in [-0.3, -0.25) is 0 Å². The van der Waals surface area contributed by atoms with Crippen LogP contribution in [0.5, 0.6) is 0 Å². The van der Waals surface area contributed by atoms with Crippen LogP contribution in [0.15, 0.2) is 35.0 Å².